The number of para-hydroxylation sites is 1. The molecule has 29 heavy (non-hydrogen) atoms. The number of ether oxygens (including phenoxy) is 2. The Kier molecular flexibility index (Phi) is 6.94. The van der Waals surface area contributed by atoms with E-state index in [4.69, 9.17) is 9.47 Å². The fraction of sp³-hybridized carbons (Fsp3) is 0.286. The number of fused-ring (bicyclic) bond motifs is 1. The van der Waals surface area contributed by atoms with Crippen molar-refractivity contribution in [3.8, 4) is 5.75 Å². The number of amides is 1. The molecule has 0 aliphatic carbocycles. The Morgan fingerprint density at radius 3 is 2.79 bits per heavy atom. The lowest BCUT2D eigenvalue weighted by atomic mass is 10.2. The molecule has 3 rings (SSSR count). The molecule has 0 atom stereocenters. The van der Waals surface area contributed by atoms with E-state index >= 15 is 0 Å². The van der Waals surface area contributed by atoms with Crippen LogP contribution in [0.4, 0.5) is 5.69 Å². The third kappa shape index (κ3) is 5.63. The summed E-state index contributed by atoms with van der Waals surface area (Å²) < 4.78 is 10.3. The number of methoxy groups -OCH3 is 2. The van der Waals surface area contributed by atoms with Crippen LogP contribution in [0.2, 0.25) is 0 Å². The lowest BCUT2D eigenvalue weighted by Gasteiger charge is -2.21. The van der Waals surface area contributed by atoms with E-state index in [1.54, 1.807) is 50.6 Å². The van der Waals surface area contributed by atoms with E-state index in [0.717, 1.165) is 0 Å². The van der Waals surface area contributed by atoms with E-state index in [0.29, 0.717) is 47.9 Å². The van der Waals surface area contributed by atoms with Gasteiger partial charge in [-0.1, -0.05) is 18.2 Å². The van der Waals surface area contributed by atoms with Gasteiger partial charge in [0.2, 0.25) is 5.91 Å². The van der Waals surface area contributed by atoms with Crippen molar-refractivity contribution in [2.24, 2.45) is 0 Å². The highest BCUT2D eigenvalue weighted by molar-refractivity contribution is 5.92. The molecule has 0 aliphatic heterocycles. The van der Waals surface area contributed by atoms with E-state index in [-0.39, 0.29) is 18.0 Å². The Hall–Kier alpha value is -3.23. The molecule has 0 spiro atoms. The van der Waals surface area contributed by atoms with Gasteiger partial charge in [-0.25, -0.2) is 4.98 Å². The fourth-order valence-electron chi connectivity index (χ4n) is 2.96. The van der Waals surface area contributed by atoms with Crippen molar-refractivity contribution in [3.05, 3.63) is 64.7 Å². The van der Waals surface area contributed by atoms with Crippen LogP contribution in [0.15, 0.2) is 53.3 Å². The average Bonchev–Trinajstić information content (AvgIpc) is 2.72. The number of aromatic amines is 1. The van der Waals surface area contributed by atoms with Crippen LogP contribution in [0.25, 0.3) is 10.9 Å². The second-order valence-corrected chi connectivity index (χ2v) is 6.51. The van der Waals surface area contributed by atoms with Gasteiger partial charge in [-0.2, -0.15) is 0 Å². The molecule has 0 bridgehead atoms. The number of carbonyl (C=O) groups excluding carboxylic acids is 1. The summed E-state index contributed by atoms with van der Waals surface area (Å²) in [6, 6.07) is 14.3. The van der Waals surface area contributed by atoms with E-state index in [2.05, 4.69) is 15.3 Å². The van der Waals surface area contributed by atoms with Crippen molar-refractivity contribution in [1.82, 2.24) is 14.9 Å². The van der Waals surface area contributed by atoms with Gasteiger partial charge < -0.3 is 19.8 Å². The van der Waals surface area contributed by atoms with Crippen LogP contribution >= 0.6 is 0 Å². The molecule has 0 saturated carbocycles. The molecule has 0 aliphatic rings. The topological polar surface area (TPSA) is 96.5 Å². The summed E-state index contributed by atoms with van der Waals surface area (Å²) in [6.45, 7) is 1.40. The minimum Gasteiger partial charge on any atom is -0.497 e. The zero-order chi connectivity index (χ0) is 20.6. The first-order valence-corrected chi connectivity index (χ1v) is 9.22. The molecule has 1 amide bonds. The van der Waals surface area contributed by atoms with Crippen molar-refractivity contribution in [2.45, 2.75) is 6.54 Å². The maximum absolute atomic E-state index is 12.5. The predicted octanol–water partition coefficient (Wildman–Crippen LogP) is 2.02. The van der Waals surface area contributed by atoms with Crippen LogP contribution < -0.4 is 15.6 Å². The molecule has 2 aromatic carbocycles. The number of hydrogen-bond donors (Lipinski definition) is 2. The number of hydrogen-bond acceptors (Lipinski definition) is 6. The summed E-state index contributed by atoms with van der Waals surface area (Å²) in [7, 11) is 3.18. The Balaban J connectivity index is 1.72. The largest absolute Gasteiger partial charge is 0.497 e. The molecule has 0 unspecified atom stereocenters. The first-order valence-electron chi connectivity index (χ1n) is 9.22. The normalized spacial score (nSPS) is 11.0. The van der Waals surface area contributed by atoms with Gasteiger partial charge in [0.25, 0.3) is 5.56 Å². The molecule has 3 aromatic rings. The summed E-state index contributed by atoms with van der Waals surface area (Å²) in [5, 5.41) is 3.39. The maximum Gasteiger partial charge on any atom is 0.258 e. The molecule has 1 aromatic heterocycles. The number of H-pyrrole nitrogens is 1. The summed E-state index contributed by atoms with van der Waals surface area (Å²) in [5.74, 6) is 0.980. The molecular weight excluding hydrogens is 372 g/mol. The van der Waals surface area contributed by atoms with Gasteiger partial charge in [-0.05, 0) is 24.3 Å². The van der Waals surface area contributed by atoms with Gasteiger partial charge >= 0.3 is 0 Å². The first kappa shape index (κ1) is 20.5. The van der Waals surface area contributed by atoms with Crippen LogP contribution in [0.3, 0.4) is 0 Å². The third-order valence-electron chi connectivity index (χ3n) is 4.37. The van der Waals surface area contributed by atoms with Crippen molar-refractivity contribution < 1.29 is 14.3 Å². The molecule has 0 radical (unpaired) electrons. The Bertz CT molecular complexity index is 1030. The van der Waals surface area contributed by atoms with Crippen molar-refractivity contribution >= 4 is 22.5 Å². The standard InChI is InChI=1S/C21H24N4O4/c1-28-11-10-25(14-20(26)22-15-6-5-7-16(12-15)29-2)13-19-23-18-9-4-3-8-17(18)21(27)24-19/h3-9,12H,10-11,13-14H2,1-2H3,(H,22,26)(H,23,24,27). The van der Waals surface area contributed by atoms with Gasteiger partial charge in [-0.15, -0.1) is 0 Å². The van der Waals surface area contributed by atoms with Crippen LogP contribution in [0, 0.1) is 0 Å². The van der Waals surface area contributed by atoms with Gasteiger partial charge in [0.05, 0.1) is 37.7 Å². The predicted molar refractivity (Wildman–Crippen MR) is 111 cm³/mol. The minimum absolute atomic E-state index is 0.122. The van der Waals surface area contributed by atoms with E-state index < -0.39 is 0 Å². The number of aromatic nitrogens is 2. The van der Waals surface area contributed by atoms with Crippen LogP contribution in [-0.2, 0) is 16.1 Å². The van der Waals surface area contributed by atoms with E-state index in [1.807, 2.05) is 17.0 Å². The number of nitrogens with zero attached hydrogens (tertiary/aromatic N) is 2. The number of rotatable bonds is 9. The molecule has 8 nitrogen and oxygen atoms in total. The Morgan fingerprint density at radius 2 is 2.00 bits per heavy atom. The second-order valence-electron chi connectivity index (χ2n) is 6.51. The lowest BCUT2D eigenvalue weighted by molar-refractivity contribution is -0.117. The number of nitrogens with one attached hydrogen (secondary N) is 2. The average molecular weight is 396 g/mol. The zero-order valence-corrected chi connectivity index (χ0v) is 16.5. The van der Waals surface area contributed by atoms with Crippen molar-refractivity contribution in [2.75, 3.05) is 39.2 Å². The number of anilines is 1. The molecule has 1 heterocycles. The summed E-state index contributed by atoms with van der Waals surface area (Å²) in [6.07, 6.45) is 0. The lowest BCUT2D eigenvalue weighted by Crippen LogP contribution is -2.36. The van der Waals surface area contributed by atoms with Gasteiger partial charge in [0, 0.05) is 25.4 Å². The Labute approximate surface area is 168 Å². The minimum atomic E-state index is -0.196. The van der Waals surface area contributed by atoms with Crippen LogP contribution in [0.5, 0.6) is 5.75 Å². The highest BCUT2D eigenvalue weighted by Crippen LogP contribution is 2.16. The molecule has 0 fully saturated rings. The summed E-state index contributed by atoms with van der Waals surface area (Å²) >= 11 is 0. The maximum atomic E-state index is 12.5. The highest BCUT2D eigenvalue weighted by Gasteiger charge is 2.14. The molecular formula is C21H24N4O4. The van der Waals surface area contributed by atoms with Gasteiger partial charge in [-0.3, -0.25) is 14.5 Å². The molecule has 2 N–H and O–H groups in total. The van der Waals surface area contributed by atoms with Crippen molar-refractivity contribution in [3.63, 3.8) is 0 Å². The van der Waals surface area contributed by atoms with Crippen LogP contribution in [0.1, 0.15) is 5.82 Å². The fourth-order valence-corrected chi connectivity index (χ4v) is 2.96. The SMILES string of the molecule is COCCN(CC(=O)Nc1cccc(OC)c1)Cc1nc2ccccc2c(=O)[nH]1. The molecule has 0 saturated heterocycles. The number of carbonyl (C=O) groups is 1. The second kappa shape index (κ2) is 9.81. The van der Waals surface area contributed by atoms with Gasteiger partial charge in [0.15, 0.2) is 0 Å². The first-order chi connectivity index (χ1) is 14.1. The molecule has 8 heteroatoms. The summed E-state index contributed by atoms with van der Waals surface area (Å²) in [5.41, 5.74) is 1.08. The number of benzene rings is 2. The zero-order valence-electron chi connectivity index (χ0n) is 16.5. The summed E-state index contributed by atoms with van der Waals surface area (Å²) in [4.78, 5) is 34.0. The van der Waals surface area contributed by atoms with E-state index in [9.17, 15) is 9.59 Å². The van der Waals surface area contributed by atoms with Crippen molar-refractivity contribution in [1.29, 1.82) is 0 Å². The molecule has 152 valence electrons. The quantitative estimate of drug-likeness (QED) is 0.574. The monoisotopic (exact) mass is 396 g/mol. The highest BCUT2D eigenvalue weighted by atomic mass is 16.5. The van der Waals surface area contributed by atoms with Crippen LogP contribution in [-0.4, -0.2) is 54.7 Å². The van der Waals surface area contributed by atoms with E-state index in [1.165, 1.54) is 0 Å². The Morgan fingerprint density at radius 1 is 1.17 bits per heavy atom. The smallest absolute Gasteiger partial charge is 0.258 e. The van der Waals surface area contributed by atoms with Gasteiger partial charge in [0.1, 0.15) is 11.6 Å². The third-order valence-corrected chi connectivity index (χ3v) is 4.37.